The smallest absolute Gasteiger partial charge is 0.271 e. The number of nitrogens with one attached hydrogen (secondary N) is 1. The first-order chi connectivity index (χ1) is 10.7. The summed E-state index contributed by atoms with van der Waals surface area (Å²) >= 11 is 7.44. The molecule has 1 aliphatic rings. The van der Waals surface area contributed by atoms with Gasteiger partial charge in [-0.3, -0.25) is 4.79 Å². The van der Waals surface area contributed by atoms with Gasteiger partial charge in [-0.1, -0.05) is 30.2 Å². The van der Waals surface area contributed by atoms with Crippen molar-refractivity contribution in [2.24, 2.45) is 11.7 Å². The fourth-order valence-electron chi connectivity index (χ4n) is 2.88. The molecule has 0 saturated heterocycles. The zero-order chi connectivity index (χ0) is 15.5. The van der Waals surface area contributed by atoms with Crippen LogP contribution in [0.25, 0.3) is 10.6 Å². The van der Waals surface area contributed by atoms with Crippen molar-refractivity contribution in [2.75, 3.05) is 6.54 Å². The largest absolute Gasteiger partial charge is 0.348 e. The second kappa shape index (κ2) is 9.59. The van der Waals surface area contributed by atoms with Gasteiger partial charge in [-0.25, -0.2) is 4.98 Å². The molecule has 1 aromatic carbocycles. The highest BCUT2D eigenvalue weighted by atomic mass is 35.5. The number of rotatable bonds is 4. The molecule has 1 aliphatic carbocycles. The summed E-state index contributed by atoms with van der Waals surface area (Å²) in [4.78, 5) is 16.8. The van der Waals surface area contributed by atoms with Gasteiger partial charge in [-0.2, -0.15) is 0 Å². The van der Waals surface area contributed by atoms with Gasteiger partial charge in [0.25, 0.3) is 5.91 Å². The third-order valence-corrected chi connectivity index (χ3v) is 5.21. The number of benzene rings is 1. The molecule has 2 aromatic rings. The van der Waals surface area contributed by atoms with Crippen molar-refractivity contribution in [3.05, 3.63) is 40.4 Å². The van der Waals surface area contributed by atoms with Gasteiger partial charge < -0.3 is 11.1 Å². The fraction of sp³-hybridized carbons (Fsp3) is 0.375. The minimum Gasteiger partial charge on any atom is -0.348 e. The Kier molecular flexibility index (Phi) is 8.46. The average Bonchev–Trinajstić information content (AvgIpc) is 3.16. The lowest BCUT2D eigenvalue weighted by Gasteiger charge is -2.18. The summed E-state index contributed by atoms with van der Waals surface area (Å²) in [6.45, 7) is 0.621. The molecular formula is C16H20Cl3N3OS. The van der Waals surface area contributed by atoms with E-state index in [4.69, 9.17) is 17.3 Å². The topological polar surface area (TPSA) is 68.0 Å². The lowest BCUT2D eigenvalue weighted by Crippen LogP contribution is -2.40. The zero-order valence-electron chi connectivity index (χ0n) is 12.9. The van der Waals surface area contributed by atoms with Crippen LogP contribution in [0.1, 0.15) is 29.8 Å². The van der Waals surface area contributed by atoms with E-state index in [0.29, 0.717) is 23.2 Å². The van der Waals surface area contributed by atoms with E-state index >= 15 is 0 Å². The molecule has 2 atom stereocenters. The number of hydrogen-bond acceptors (Lipinski definition) is 4. The van der Waals surface area contributed by atoms with E-state index in [-0.39, 0.29) is 36.8 Å². The first-order valence-corrected chi connectivity index (χ1v) is 8.65. The third-order valence-electron chi connectivity index (χ3n) is 4.09. The standard InChI is InChI=1S/C16H18ClN3OS.2ClH/c17-12-5-1-3-10(7-12)16-20-14(9-22-16)15(21)19-13-6-2-4-11(13)8-18;;/h1,3,5,7,9,11,13H,2,4,6,8,18H2,(H,19,21);2*1H. The highest BCUT2D eigenvalue weighted by Crippen LogP contribution is 2.27. The Morgan fingerprint density at radius 1 is 1.38 bits per heavy atom. The summed E-state index contributed by atoms with van der Waals surface area (Å²) < 4.78 is 0. The Morgan fingerprint density at radius 2 is 2.17 bits per heavy atom. The highest BCUT2D eigenvalue weighted by molar-refractivity contribution is 7.13. The monoisotopic (exact) mass is 407 g/mol. The van der Waals surface area contributed by atoms with Crippen molar-refractivity contribution in [1.29, 1.82) is 0 Å². The molecule has 2 unspecified atom stereocenters. The molecule has 4 nitrogen and oxygen atoms in total. The first-order valence-electron chi connectivity index (χ1n) is 7.40. The minimum absolute atomic E-state index is 0. The average molecular weight is 409 g/mol. The van der Waals surface area contributed by atoms with Crippen LogP contribution in [-0.4, -0.2) is 23.5 Å². The predicted molar refractivity (Wildman–Crippen MR) is 105 cm³/mol. The maximum absolute atomic E-state index is 12.3. The van der Waals surface area contributed by atoms with Crippen LogP contribution in [0.2, 0.25) is 5.02 Å². The molecular weight excluding hydrogens is 389 g/mol. The zero-order valence-corrected chi connectivity index (χ0v) is 16.1. The molecule has 1 amide bonds. The number of hydrogen-bond donors (Lipinski definition) is 2. The number of thiazole rings is 1. The molecule has 1 fully saturated rings. The molecule has 3 rings (SSSR count). The Labute approximate surface area is 163 Å². The number of amides is 1. The summed E-state index contributed by atoms with van der Waals surface area (Å²) in [6.07, 6.45) is 3.21. The van der Waals surface area contributed by atoms with Gasteiger partial charge in [0, 0.05) is 22.0 Å². The second-order valence-electron chi connectivity index (χ2n) is 5.55. The number of carbonyl (C=O) groups excluding carboxylic acids is 1. The van der Waals surface area contributed by atoms with Gasteiger partial charge in [0.15, 0.2) is 0 Å². The second-order valence-corrected chi connectivity index (χ2v) is 6.85. The lowest BCUT2D eigenvalue weighted by molar-refractivity contribution is 0.0924. The summed E-state index contributed by atoms with van der Waals surface area (Å²) in [5, 5.41) is 6.32. The van der Waals surface area contributed by atoms with Crippen LogP contribution in [0.15, 0.2) is 29.6 Å². The molecule has 132 valence electrons. The van der Waals surface area contributed by atoms with Crippen molar-refractivity contribution in [3.63, 3.8) is 0 Å². The van der Waals surface area contributed by atoms with Crippen molar-refractivity contribution in [3.8, 4) is 10.6 Å². The van der Waals surface area contributed by atoms with Gasteiger partial charge in [0.05, 0.1) is 0 Å². The van der Waals surface area contributed by atoms with Gasteiger partial charge in [0.2, 0.25) is 0 Å². The van der Waals surface area contributed by atoms with Crippen molar-refractivity contribution in [2.45, 2.75) is 25.3 Å². The van der Waals surface area contributed by atoms with E-state index < -0.39 is 0 Å². The number of nitrogens with two attached hydrogens (primary N) is 1. The van der Waals surface area contributed by atoms with E-state index in [2.05, 4.69) is 10.3 Å². The summed E-state index contributed by atoms with van der Waals surface area (Å²) in [5.41, 5.74) is 7.14. The first kappa shape index (κ1) is 21.2. The van der Waals surface area contributed by atoms with E-state index in [1.807, 2.05) is 24.3 Å². The maximum atomic E-state index is 12.3. The van der Waals surface area contributed by atoms with E-state index in [1.165, 1.54) is 11.3 Å². The van der Waals surface area contributed by atoms with Crippen LogP contribution in [0.3, 0.4) is 0 Å². The minimum atomic E-state index is -0.116. The molecule has 0 radical (unpaired) electrons. The number of halogens is 3. The van der Waals surface area contributed by atoms with Crippen LogP contribution in [0.5, 0.6) is 0 Å². The van der Waals surface area contributed by atoms with Crippen LogP contribution in [0.4, 0.5) is 0 Å². The molecule has 0 aliphatic heterocycles. The van der Waals surface area contributed by atoms with Crippen LogP contribution in [0, 0.1) is 5.92 Å². The molecule has 0 spiro atoms. The van der Waals surface area contributed by atoms with Gasteiger partial charge in [-0.05, 0) is 37.4 Å². The predicted octanol–water partition coefficient (Wildman–Crippen LogP) is 4.16. The molecule has 8 heteroatoms. The molecule has 1 heterocycles. The van der Waals surface area contributed by atoms with Crippen molar-refractivity contribution in [1.82, 2.24) is 10.3 Å². The molecule has 0 bridgehead atoms. The summed E-state index contributed by atoms with van der Waals surface area (Å²) in [6, 6.07) is 7.66. The quantitative estimate of drug-likeness (QED) is 0.798. The molecule has 1 saturated carbocycles. The Balaban J connectivity index is 0.00000144. The summed E-state index contributed by atoms with van der Waals surface area (Å²) in [7, 11) is 0. The van der Waals surface area contributed by atoms with Crippen molar-refractivity contribution >= 4 is 53.7 Å². The summed E-state index contributed by atoms with van der Waals surface area (Å²) in [5.74, 6) is 0.268. The van der Waals surface area contributed by atoms with E-state index in [0.717, 1.165) is 29.8 Å². The highest BCUT2D eigenvalue weighted by Gasteiger charge is 2.28. The molecule has 3 N–H and O–H groups in total. The number of aromatic nitrogens is 1. The Morgan fingerprint density at radius 3 is 2.88 bits per heavy atom. The van der Waals surface area contributed by atoms with Gasteiger partial charge in [0.1, 0.15) is 10.7 Å². The number of nitrogens with zero attached hydrogens (tertiary/aromatic N) is 1. The maximum Gasteiger partial charge on any atom is 0.271 e. The van der Waals surface area contributed by atoms with Crippen molar-refractivity contribution < 1.29 is 4.79 Å². The Bertz CT molecular complexity index is 680. The molecule has 1 aromatic heterocycles. The van der Waals surface area contributed by atoms with Gasteiger partial charge >= 0.3 is 0 Å². The normalized spacial score (nSPS) is 19.2. The van der Waals surface area contributed by atoms with E-state index in [1.54, 1.807) is 5.38 Å². The van der Waals surface area contributed by atoms with E-state index in [9.17, 15) is 4.79 Å². The number of carbonyl (C=O) groups is 1. The van der Waals surface area contributed by atoms with Crippen LogP contribution in [-0.2, 0) is 0 Å². The SMILES string of the molecule is Cl.Cl.NCC1CCCC1NC(=O)c1csc(-c2cccc(Cl)c2)n1. The van der Waals surface area contributed by atoms with Crippen LogP contribution >= 0.6 is 47.8 Å². The lowest BCUT2D eigenvalue weighted by atomic mass is 10.0. The van der Waals surface area contributed by atoms with Gasteiger partial charge in [-0.15, -0.1) is 36.2 Å². The fourth-order valence-corrected chi connectivity index (χ4v) is 3.87. The van der Waals surface area contributed by atoms with Crippen LogP contribution < -0.4 is 11.1 Å². The Hall–Kier alpha value is -0.850. The molecule has 24 heavy (non-hydrogen) atoms. The third kappa shape index (κ3) is 4.83.